The summed E-state index contributed by atoms with van der Waals surface area (Å²) >= 11 is 0. The minimum Gasteiger partial charge on any atom is -0.479 e. The van der Waals surface area contributed by atoms with E-state index in [1.165, 1.54) is 30.2 Å². The number of methoxy groups -OCH3 is 2. The molecular formula is C57H98BN7O21. The van der Waals surface area contributed by atoms with E-state index in [-0.39, 0.29) is 135 Å². The minimum absolute atomic E-state index is 0.0281. The summed E-state index contributed by atoms with van der Waals surface area (Å²) in [5.41, 5.74) is 0.766. The standard InChI is InChI=1S/C48H76BN7O18.C7H16O3.C2H6/c1-5-6-12-56-29-37(52-53-56)33-71-25-24-70-23-20-68-17-14-54(43(59)31-55(44(60)34-65-4)30-42(58)50-10-9-35(2)3)13-16-67-19-22-69-21-18-66-15-11-51-46(61)39-26-36(32-72-48(49)64)7-8-40(39)73-45-28-38(57)27-41(74-45)47(62)63;1-7(2,6-8)10-5-4-9-3;1-2/h7-8,26,29,35,38,41,45,57H,5-6,9-25,27-28,30-34H2,1-4H3,(H,50,58)(H,51,61)(H,62,63);8H,4-6H2,1-3H3;1-2H3. The number of aliphatic hydroxyl groups is 2. The van der Waals surface area contributed by atoms with Crippen molar-refractivity contribution in [2.24, 2.45) is 5.92 Å². The number of carbonyl (C=O) groups is 6. The number of aliphatic carboxylic acids is 1. The molecule has 86 heavy (non-hydrogen) atoms. The number of carbonyl (C=O) groups excluding carboxylic acids is 5. The van der Waals surface area contributed by atoms with E-state index >= 15 is 0 Å². The summed E-state index contributed by atoms with van der Waals surface area (Å²) in [7, 11) is 8.06. The van der Waals surface area contributed by atoms with Gasteiger partial charge in [-0.05, 0) is 50.3 Å². The van der Waals surface area contributed by atoms with Crippen LogP contribution in [0.2, 0.25) is 0 Å². The molecule has 3 rings (SSSR count). The number of aryl methyl sites for hydroxylation is 1. The van der Waals surface area contributed by atoms with Gasteiger partial charge in [-0.3, -0.25) is 28.7 Å². The van der Waals surface area contributed by atoms with Gasteiger partial charge in [-0.1, -0.05) is 52.3 Å². The summed E-state index contributed by atoms with van der Waals surface area (Å²) in [5, 5.41) is 42.0. The predicted molar refractivity (Wildman–Crippen MR) is 313 cm³/mol. The van der Waals surface area contributed by atoms with Crippen LogP contribution in [0.1, 0.15) is 102 Å². The van der Waals surface area contributed by atoms with Crippen LogP contribution in [0.25, 0.3) is 0 Å². The van der Waals surface area contributed by atoms with Gasteiger partial charge in [-0.15, -0.1) is 5.10 Å². The van der Waals surface area contributed by atoms with E-state index in [9.17, 15) is 39.0 Å². The highest BCUT2D eigenvalue weighted by atomic mass is 16.7. The van der Waals surface area contributed by atoms with Gasteiger partial charge >= 0.3 is 5.97 Å². The summed E-state index contributed by atoms with van der Waals surface area (Å²) in [6.07, 6.45) is 1.14. The number of nitrogens with one attached hydrogen (secondary N) is 2. The second-order valence-electron chi connectivity index (χ2n) is 20.1. The van der Waals surface area contributed by atoms with Gasteiger partial charge in [0, 0.05) is 59.8 Å². The van der Waals surface area contributed by atoms with Crippen molar-refractivity contribution in [1.82, 2.24) is 35.4 Å². The molecule has 0 aliphatic carbocycles. The number of hydrogen-bond donors (Lipinski definition) is 5. The zero-order valence-electron chi connectivity index (χ0n) is 52.1. The molecule has 490 valence electrons. The Balaban J connectivity index is 0.00000278. The van der Waals surface area contributed by atoms with Gasteiger partial charge in [-0.2, -0.15) is 0 Å². The Morgan fingerprint density at radius 3 is 2.00 bits per heavy atom. The SMILES string of the molecule is CC.COCCOC(C)(C)CO.[B]C(=O)OCc1ccc(OC2CC(O)CC(C(=O)O)O2)c(C(=O)NCCOCCOCCOCCN(CCOCCOCCOCc2cn(CCCC)nn2)C(=O)CN(CC(=O)NCCC(C)C)C(=O)COC)c1. The quantitative estimate of drug-likeness (QED) is 0.0468. The maximum Gasteiger partial charge on any atom is 0.333 e. The summed E-state index contributed by atoms with van der Waals surface area (Å²) in [6, 6.07) is 4.38. The smallest absolute Gasteiger partial charge is 0.333 e. The fraction of sp³-hybridized carbons (Fsp3) is 0.754. The molecule has 1 aliphatic rings. The molecule has 1 fully saturated rings. The molecule has 5 N–H and O–H groups in total. The van der Waals surface area contributed by atoms with Crippen LogP contribution in [0, 0.1) is 5.92 Å². The van der Waals surface area contributed by atoms with Gasteiger partial charge in [0.05, 0.1) is 123 Å². The normalized spacial score (nSPS) is 14.7. The minimum atomic E-state index is -1.30. The van der Waals surface area contributed by atoms with Crippen LogP contribution in [0.15, 0.2) is 24.4 Å². The van der Waals surface area contributed by atoms with Gasteiger partial charge < -0.3 is 92.6 Å². The molecule has 3 atom stereocenters. The lowest BCUT2D eigenvalue weighted by molar-refractivity contribution is -0.195. The Bertz CT molecular complexity index is 2160. The Hall–Kier alpha value is -5.44. The third kappa shape index (κ3) is 38.0. The maximum atomic E-state index is 13.7. The van der Waals surface area contributed by atoms with E-state index < -0.39 is 53.7 Å². The molecule has 1 aromatic carbocycles. The number of rotatable bonds is 46. The molecule has 1 aliphatic heterocycles. The Morgan fingerprint density at radius 2 is 1.42 bits per heavy atom. The number of aromatic nitrogens is 3. The van der Waals surface area contributed by atoms with E-state index in [4.69, 9.17) is 69.8 Å². The molecule has 2 aromatic rings. The second-order valence-corrected chi connectivity index (χ2v) is 20.1. The third-order valence-corrected chi connectivity index (χ3v) is 11.9. The first-order chi connectivity index (χ1) is 41.3. The number of benzene rings is 1. The summed E-state index contributed by atoms with van der Waals surface area (Å²) in [6.45, 7) is 18.3. The topological polar surface area (TPSA) is 335 Å². The molecule has 2 radical (unpaired) electrons. The van der Waals surface area contributed by atoms with Crippen molar-refractivity contribution in [3.63, 3.8) is 0 Å². The molecule has 29 heteroatoms. The van der Waals surface area contributed by atoms with E-state index in [1.807, 2.05) is 47.7 Å². The monoisotopic (exact) mass is 1230 g/mol. The van der Waals surface area contributed by atoms with Crippen LogP contribution in [0.3, 0.4) is 0 Å². The number of nitrogens with zero attached hydrogens (tertiary/aromatic N) is 5. The van der Waals surface area contributed by atoms with Crippen molar-refractivity contribution in [2.75, 3.05) is 153 Å². The average molecular weight is 1230 g/mol. The molecule has 4 amide bonds. The van der Waals surface area contributed by atoms with E-state index in [2.05, 4.69) is 27.9 Å². The van der Waals surface area contributed by atoms with Crippen LogP contribution in [-0.4, -0.2) is 260 Å². The summed E-state index contributed by atoms with van der Waals surface area (Å²) in [5.74, 6) is -3.74. The van der Waals surface area contributed by atoms with Crippen LogP contribution < -0.4 is 15.4 Å². The van der Waals surface area contributed by atoms with Crippen molar-refractivity contribution in [1.29, 1.82) is 0 Å². The highest BCUT2D eigenvalue weighted by Gasteiger charge is 2.35. The summed E-state index contributed by atoms with van der Waals surface area (Å²) < 4.78 is 66.9. The first-order valence-electron chi connectivity index (χ1n) is 29.3. The van der Waals surface area contributed by atoms with Crippen molar-refractivity contribution in [3.05, 3.63) is 41.2 Å². The molecule has 3 unspecified atom stereocenters. The lowest BCUT2D eigenvalue weighted by atomic mass is 10.0. The van der Waals surface area contributed by atoms with Crippen molar-refractivity contribution in [3.8, 4) is 5.75 Å². The number of amides is 4. The van der Waals surface area contributed by atoms with Gasteiger partial charge in [0.25, 0.3) is 5.91 Å². The molecule has 0 bridgehead atoms. The molecular weight excluding hydrogens is 1130 g/mol. The molecule has 1 aromatic heterocycles. The highest BCUT2D eigenvalue weighted by Crippen LogP contribution is 2.27. The van der Waals surface area contributed by atoms with Crippen LogP contribution >= 0.6 is 0 Å². The van der Waals surface area contributed by atoms with E-state index in [0.717, 1.165) is 36.4 Å². The van der Waals surface area contributed by atoms with E-state index in [0.29, 0.717) is 57.7 Å². The first kappa shape index (κ1) is 78.6. The lowest BCUT2D eigenvalue weighted by Crippen LogP contribution is -2.49. The molecule has 0 saturated carbocycles. The number of carboxylic acid groups (broad SMARTS) is 1. The predicted octanol–water partition coefficient (Wildman–Crippen LogP) is 2.15. The third-order valence-electron chi connectivity index (χ3n) is 11.9. The Kier molecular flexibility index (Phi) is 44.4. The average Bonchev–Trinajstić information content (AvgIpc) is 2.96. The van der Waals surface area contributed by atoms with Crippen LogP contribution in [0.5, 0.6) is 5.75 Å². The van der Waals surface area contributed by atoms with Crippen molar-refractivity contribution >= 4 is 43.3 Å². The van der Waals surface area contributed by atoms with Crippen LogP contribution in [-0.2, 0) is 91.0 Å². The largest absolute Gasteiger partial charge is 0.479 e. The lowest BCUT2D eigenvalue weighted by Gasteiger charge is -2.31. The fourth-order valence-electron chi connectivity index (χ4n) is 7.26. The van der Waals surface area contributed by atoms with Gasteiger partial charge in [0.15, 0.2) is 6.10 Å². The number of ether oxygens (including phenoxy) is 12. The molecule has 28 nitrogen and oxygen atoms in total. The Morgan fingerprint density at radius 1 is 0.791 bits per heavy atom. The van der Waals surface area contributed by atoms with Crippen molar-refractivity contribution < 1.29 is 101 Å². The zero-order valence-corrected chi connectivity index (χ0v) is 52.1. The maximum absolute atomic E-state index is 13.7. The Labute approximate surface area is 508 Å². The van der Waals surface area contributed by atoms with Gasteiger partial charge in [0.1, 0.15) is 37.7 Å². The summed E-state index contributed by atoms with van der Waals surface area (Å²) in [4.78, 5) is 77.9. The van der Waals surface area contributed by atoms with Crippen LogP contribution in [0.4, 0.5) is 4.79 Å². The first-order valence-corrected chi connectivity index (χ1v) is 29.3. The van der Waals surface area contributed by atoms with Crippen molar-refractivity contribution in [2.45, 2.75) is 124 Å². The highest BCUT2D eigenvalue weighted by molar-refractivity contribution is 6.55. The number of aliphatic hydroxyl groups excluding tert-OH is 2. The fourth-order valence-corrected chi connectivity index (χ4v) is 7.26. The van der Waals surface area contributed by atoms with Gasteiger partial charge in [-0.25, -0.2) is 4.79 Å². The molecule has 0 spiro atoms. The molecule has 1 saturated heterocycles. The number of carboxylic acids is 1. The van der Waals surface area contributed by atoms with E-state index in [1.54, 1.807) is 11.8 Å². The van der Waals surface area contributed by atoms with Gasteiger partial charge in [0.2, 0.25) is 37.7 Å². The number of hydrogen-bond acceptors (Lipinski definition) is 22. The molecule has 2 heterocycles. The number of unbranched alkanes of at least 4 members (excludes halogenated alkanes) is 1. The zero-order chi connectivity index (χ0) is 64.0. The second kappa shape index (κ2) is 48.6.